The van der Waals surface area contributed by atoms with Gasteiger partial charge in [-0.2, -0.15) is 0 Å². The Labute approximate surface area is 163 Å². The highest BCUT2D eigenvalue weighted by Crippen LogP contribution is 2.12. The van der Waals surface area contributed by atoms with E-state index in [-0.39, 0.29) is 12.3 Å². The topological polar surface area (TPSA) is 81.1 Å². The summed E-state index contributed by atoms with van der Waals surface area (Å²) in [5.74, 6) is 1.81. The largest absolute Gasteiger partial charge is 0.357 e. The summed E-state index contributed by atoms with van der Waals surface area (Å²) in [6.45, 7) is 11.1. The normalized spacial score (nSPS) is 16.1. The minimum absolute atomic E-state index is 0.0392. The van der Waals surface area contributed by atoms with Crippen molar-refractivity contribution in [3.05, 3.63) is 24.4 Å². The molecule has 1 aromatic rings. The summed E-state index contributed by atoms with van der Waals surface area (Å²) < 4.78 is 26.1. The number of piperazine rings is 1. The maximum Gasteiger partial charge on any atom is 0.215 e. The van der Waals surface area contributed by atoms with Crippen molar-refractivity contribution in [2.45, 2.75) is 20.8 Å². The van der Waals surface area contributed by atoms with Gasteiger partial charge in [-0.25, -0.2) is 17.7 Å². The molecule has 1 N–H and O–H groups in total. The number of rotatable bonds is 8. The molecule has 9 heteroatoms. The zero-order valence-corrected chi connectivity index (χ0v) is 17.5. The summed E-state index contributed by atoms with van der Waals surface area (Å²) in [5.41, 5.74) is 0. The predicted molar refractivity (Wildman–Crippen MR) is 111 cm³/mol. The molecule has 2 heterocycles. The van der Waals surface area contributed by atoms with Gasteiger partial charge in [-0.3, -0.25) is 4.99 Å². The zero-order valence-electron chi connectivity index (χ0n) is 16.6. The SMILES string of the molecule is CCNC(=NCCS(=O)(=O)N(CC)CC)N1CCN(c2ccccn2)CC1. The lowest BCUT2D eigenvalue weighted by Gasteiger charge is -2.37. The van der Waals surface area contributed by atoms with Gasteiger partial charge in [0.2, 0.25) is 10.0 Å². The molecule has 2 rings (SSSR count). The number of nitrogens with one attached hydrogen (secondary N) is 1. The Morgan fingerprint density at radius 3 is 2.44 bits per heavy atom. The van der Waals surface area contributed by atoms with E-state index in [4.69, 9.17) is 0 Å². The van der Waals surface area contributed by atoms with Crippen LogP contribution in [0.3, 0.4) is 0 Å². The van der Waals surface area contributed by atoms with Crippen LogP contribution in [-0.2, 0) is 10.0 Å². The van der Waals surface area contributed by atoms with E-state index in [1.165, 1.54) is 4.31 Å². The Bertz CT molecular complexity index is 683. The maximum absolute atomic E-state index is 12.3. The number of aromatic nitrogens is 1. The second-order valence-electron chi connectivity index (χ2n) is 6.30. The first-order valence-corrected chi connectivity index (χ1v) is 11.3. The number of hydrogen-bond donors (Lipinski definition) is 1. The molecule has 0 atom stereocenters. The van der Waals surface area contributed by atoms with Gasteiger partial charge in [-0.15, -0.1) is 0 Å². The first-order chi connectivity index (χ1) is 13.0. The Morgan fingerprint density at radius 2 is 1.89 bits per heavy atom. The fraction of sp³-hybridized carbons (Fsp3) is 0.667. The molecule has 1 fully saturated rings. The van der Waals surface area contributed by atoms with Gasteiger partial charge in [0.25, 0.3) is 0 Å². The molecular formula is C18H32N6O2S. The first kappa shape index (κ1) is 21.4. The molecule has 0 unspecified atom stereocenters. The summed E-state index contributed by atoms with van der Waals surface area (Å²) in [6, 6.07) is 5.94. The highest BCUT2D eigenvalue weighted by Gasteiger charge is 2.21. The Morgan fingerprint density at radius 1 is 1.19 bits per heavy atom. The minimum atomic E-state index is -3.25. The highest BCUT2D eigenvalue weighted by atomic mass is 32.2. The molecule has 0 bridgehead atoms. The van der Waals surface area contributed by atoms with Crippen LogP contribution in [0.5, 0.6) is 0 Å². The van der Waals surface area contributed by atoms with E-state index < -0.39 is 10.0 Å². The molecule has 27 heavy (non-hydrogen) atoms. The fourth-order valence-corrected chi connectivity index (χ4v) is 4.49. The average Bonchev–Trinajstić information content (AvgIpc) is 2.69. The van der Waals surface area contributed by atoms with Crippen LogP contribution in [-0.4, -0.2) is 86.7 Å². The molecular weight excluding hydrogens is 364 g/mol. The van der Waals surface area contributed by atoms with E-state index in [2.05, 4.69) is 25.1 Å². The Balaban J connectivity index is 1.94. The molecule has 1 aromatic heterocycles. The monoisotopic (exact) mass is 396 g/mol. The van der Waals surface area contributed by atoms with Crippen molar-refractivity contribution in [2.24, 2.45) is 4.99 Å². The van der Waals surface area contributed by atoms with Crippen LogP contribution in [0, 0.1) is 0 Å². The third-order valence-electron chi connectivity index (χ3n) is 4.60. The van der Waals surface area contributed by atoms with E-state index in [0.29, 0.717) is 13.1 Å². The van der Waals surface area contributed by atoms with Crippen LogP contribution in [0.1, 0.15) is 20.8 Å². The second kappa shape index (κ2) is 10.5. The van der Waals surface area contributed by atoms with Crippen LogP contribution < -0.4 is 10.2 Å². The Hall–Kier alpha value is -1.87. The second-order valence-corrected chi connectivity index (χ2v) is 8.39. The van der Waals surface area contributed by atoms with Crippen LogP contribution >= 0.6 is 0 Å². The Kier molecular flexibility index (Phi) is 8.30. The van der Waals surface area contributed by atoms with Gasteiger partial charge in [0.05, 0.1) is 12.3 Å². The molecule has 1 saturated heterocycles. The van der Waals surface area contributed by atoms with Crippen molar-refractivity contribution in [3.63, 3.8) is 0 Å². The molecule has 0 radical (unpaired) electrons. The van der Waals surface area contributed by atoms with Crippen molar-refractivity contribution in [1.82, 2.24) is 19.5 Å². The van der Waals surface area contributed by atoms with Gasteiger partial charge in [-0.1, -0.05) is 19.9 Å². The van der Waals surface area contributed by atoms with Crippen molar-refractivity contribution in [1.29, 1.82) is 0 Å². The number of hydrogen-bond acceptors (Lipinski definition) is 5. The number of pyridine rings is 1. The van der Waals surface area contributed by atoms with E-state index in [1.807, 2.05) is 45.2 Å². The average molecular weight is 397 g/mol. The molecule has 0 aromatic carbocycles. The highest BCUT2D eigenvalue weighted by molar-refractivity contribution is 7.89. The minimum Gasteiger partial charge on any atom is -0.357 e. The summed E-state index contributed by atoms with van der Waals surface area (Å²) >= 11 is 0. The van der Waals surface area contributed by atoms with Crippen molar-refractivity contribution < 1.29 is 8.42 Å². The molecule has 0 saturated carbocycles. The van der Waals surface area contributed by atoms with Gasteiger partial charge in [0, 0.05) is 52.0 Å². The van der Waals surface area contributed by atoms with Crippen LogP contribution in [0.4, 0.5) is 5.82 Å². The van der Waals surface area contributed by atoms with E-state index in [0.717, 1.165) is 44.5 Å². The molecule has 1 aliphatic heterocycles. The lowest BCUT2D eigenvalue weighted by molar-refractivity contribution is 0.371. The molecule has 0 spiro atoms. The van der Waals surface area contributed by atoms with Crippen molar-refractivity contribution >= 4 is 21.8 Å². The van der Waals surface area contributed by atoms with Crippen molar-refractivity contribution in [2.75, 3.05) is 63.0 Å². The molecule has 1 aliphatic rings. The number of guanidine groups is 1. The van der Waals surface area contributed by atoms with Gasteiger partial charge in [-0.05, 0) is 19.1 Å². The van der Waals surface area contributed by atoms with Gasteiger partial charge in [0.1, 0.15) is 5.82 Å². The lowest BCUT2D eigenvalue weighted by Crippen LogP contribution is -2.52. The summed E-state index contributed by atoms with van der Waals surface area (Å²) in [7, 11) is -3.25. The summed E-state index contributed by atoms with van der Waals surface area (Å²) in [4.78, 5) is 13.4. The molecule has 0 amide bonds. The molecule has 8 nitrogen and oxygen atoms in total. The van der Waals surface area contributed by atoms with Gasteiger partial charge in [0.15, 0.2) is 5.96 Å². The van der Waals surface area contributed by atoms with Gasteiger partial charge < -0.3 is 15.1 Å². The van der Waals surface area contributed by atoms with E-state index in [9.17, 15) is 8.42 Å². The quantitative estimate of drug-likeness (QED) is 0.518. The van der Waals surface area contributed by atoms with Crippen LogP contribution in [0.15, 0.2) is 29.4 Å². The maximum atomic E-state index is 12.3. The zero-order chi connectivity index (χ0) is 19.7. The summed E-state index contributed by atoms with van der Waals surface area (Å²) in [6.07, 6.45) is 1.81. The molecule has 152 valence electrons. The fourth-order valence-electron chi connectivity index (χ4n) is 3.13. The summed E-state index contributed by atoms with van der Waals surface area (Å²) in [5, 5.41) is 3.28. The third kappa shape index (κ3) is 6.07. The standard InChI is InChI=1S/C18H32N6O2S/c1-4-19-18(21-11-16-27(25,26)24(5-2)6-3)23-14-12-22(13-15-23)17-9-7-8-10-20-17/h7-10H,4-6,11-16H2,1-3H3,(H,19,21). The third-order valence-corrected chi connectivity index (χ3v) is 6.60. The van der Waals surface area contributed by atoms with Crippen LogP contribution in [0.25, 0.3) is 0 Å². The number of nitrogens with zero attached hydrogens (tertiary/aromatic N) is 5. The number of anilines is 1. The van der Waals surface area contributed by atoms with E-state index in [1.54, 1.807) is 0 Å². The van der Waals surface area contributed by atoms with Gasteiger partial charge >= 0.3 is 0 Å². The number of sulfonamides is 1. The molecule has 0 aliphatic carbocycles. The van der Waals surface area contributed by atoms with Crippen LogP contribution in [0.2, 0.25) is 0 Å². The van der Waals surface area contributed by atoms with E-state index >= 15 is 0 Å². The smallest absolute Gasteiger partial charge is 0.215 e. The lowest BCUT2D eigenvalue weighted by atomic mass is 10.3. The first-order valence-electron chi connectivity index (χ1n) is 9.68. The van der Waals surface area contributed by atoms with Crippen molar-refractivity contribution in [3.8, 4) is 0 Å². The predicted octanol–water partition coefficient (Wildman–Crippen LogP) is 0.841. The number of aliphatic imine (C=N–C) groups is 1.